The van der Waals surface area contributed by atoms with Gasteiger partial charge >= 0.3 is 0 Å². The van der Waals surface area contributed by atoms with E-state index < -0.39 is 0 Å². The molecule has 1 N–H and O–H groups in total. The Kier molecular flexibility index (Phi) is 5.46. The smallest absolute Gasteiger partial charge is 0.0746 e. The van der Waals surface area contributed by atoms with Crippen molar-refractivity contribution in [3.63, 3.8) is 0 Å². The van der Waals surface area contributed by atoms with Gasteiger partial charge in [-0.25, -0.2) is 0 Å². The summed E-state index contributed by atoms with van der Waals surface area (Å²) in [6.07, 6.45) is 0.262. The van der Waals surface area contributed by atoms with Gasteiger partial charge in [-0.05, 0) is 20.8 Å². The van der Waals surface area contributed by atoms with Crippen LogP contribution in [0.1, 0.15) is 20.8 Å². The van der Waals surface area contributed by atoms with Crippen LogP contribution in [0.4, 0.5) is 0 Å². The summed E-state index contributed by atoms with van der Waals surface area (Å²) in [6, 6.07) is 0. The second-order valence-corrected chi connectivity index (χ2v) is 3.64. The predicted octanol–water partition coefficient (Wildman–Crippen LogP) is 1.04. The van der Waals surface area contributed by atoms with E-state index in [4.69, 9.17) is 9.47 Å². The van der Waals surface area contributed by atoms with Crippen molar-refractivity contribution in [1.29, 1.82) is 0 Å². The van der Waals surface area contributed by atoms with Gasteiger partial charge in [0.25, 0.3) is 0 Å². The van der Waals surface area contributed by atoms with Crippen LogP contribution in [-0.4, -0.2) is 39.0 Å². The number of hydrogen-bond donors (Lipinski definition) is 1. The van der Waals surface area contributed by atoms with Crippen molar-refractivity contribution < 1.29 is 9.47 Å². The summed E-state index contributed by atoms with van der Waals surface area (Å²) in [5.41, 5.74) is -0.0898. The average molecular weight is 175 g/mol. The Labute approximate surface area is 75.4 Å². The topological polar surface area (TPSA) is 30.5 Å². The van der Waals surface area contributed by atoms with Crippen LogP contribution < -0.4 is 5.32 Å². The molecule has 74 valence electrons. The number of rotatable bonds is 6. The quantitative estimate of drug-likeness (QED) is 0.654. The van der Waals surface area contributed by atoms with Gasteiger partial charge in [0.2, 0.25) is 0 Å². The zero-order valence-electron chi connectivity index (χ0n) is 8.81. The summed E-state index contributed by atoms with van der Waals surface area (Å²) < 4.78 is 10.3. The molecule has 0 heterocycles. The van der Waals surface area contributed by atoms with Crippen LogP contribution in [0.3, 0.4) is 0 Å². The van der Waals surface area contributed by atoms with Crippen LogP contribution in [0.15, 0.2) is 0 Å². The molecule has 3 heteroatoms. The van der Waals surface area contributed by atoms with E-state index in [0.29, 0.717) is 0 Å². The van der Waals surface area contributed by atoms with Crippen LogP contribution >= 0.6 is 0 Å². The third-order valence-electron chi connectivity index (χ3n) is 1.94. The van der Waals surface area contributed by atoms with Crippen molar-refractivity contribution in [3.05, 3.63) is 0 Å². The third kappa shape index (κ3) is 5.52. The molecule has 0 aliphatic rings. The Morgan fingerprint density at radius 1 is 1.33 bits per heavy atom. The molecule has 0 spiro atoms. The number of hydrogen-bond acceptors (Lipinski definition) is 3. The molecular weight excluding hydrogens is 154 g/mol. The standard InChI is InChI=1S/C9H21NO2/c1-8(11-4)6-10-7-9(2,3)12-5/h8,10H,6-7H2,1-5H3. The fourth-order valence-corrected chi connectivity index (χ4v) is 0.732. The molecule has 0 rings (SSSR count). The Morgan fingerprint density at radius 3 is 2.33 bits per heavy atom. The molecule has 0 bridgehead atoms. The molecule has 1 atom stereocenters. The van der Waals surface area contributed by atoms with Crippen molar-refractivity contribution in [1.82, 2.24) is 5.32 Å². The summed E-state index contributed by atoms with van der Waals surface area (Å²) >= 11 is 0. The van der Waals surface area contributed by atoms with Gasteiger partial charge in [-0.1, -0.05) is 0 Å². The molecule has 0 aliphatic carbocycles. The fourth-order valence-electron chi connectivity index (χ4n) is 0.732. The van der Waals surface area contributed by atoms with Crippen molar-refractivity contribution in [2.75, 3.05) is 27.3 Å². The maximum Gasteiger partial charge on any atom is 0.0746 e. The van der Waals surface area contributed by atoms with Gasteiger partial charge < -0.3 is 14.8 Å². The van der Waals surface area contributed by atoms with E-state index in [1.807, 2.05) is 6.92 Å². The summed E-state index contributed by atoms with van der Waals surface area (Å²) in [4.78, 5) is 0. The molecule has 0 aromatic rings. The molecule has 3 nitrogen and oxygen atoms in total. The molecule has 0 saturated carbocycles. The first kappa shape index (κ1) is 11.9. The van der Waals surface area contributed by atoms with Gasteiger partial charge in [-0.2, -0.15) is 0 Å². The van der Waals surface area contributed by atoms with E-state index in [0.717, 1.165) is 13.1 Å². The van der Waals surface area contributed by atoms with Crippen LogP contribution in [0.25, 0.3) is 0 Å². The maximum atomic E-state index is 5.25. The minimum atomic E-state index is -0.0898. The van der Waals surface area contributed by atoms with Gasteiger partial charge in [0.05, 0.1) is 11.7 Å². The summed E-state index contributed by atoms with van der Waals surface area (Å²) in [7, 11) is 3.44. The summed E-state index contributed by atoms with van der Waals surface area (Å²) in [5, 5.41) is 3.28. The normalized spacial score (nSPS) is 14.8. The molecule has 0 fully saturated rings. The zero-order chi connectivity index (χ0) is 9.61. The molecule has 0 aromatic carbocycles. The highest BCUT2D eigenvalue weighted by molar-refractivity contribution is 4.71. The van der Waals surface area contributed by atoms with Crippen LogP contribution in [-0.2, 0) is 9.47 Å². The maximum absolute atomic E-state index is 5.25. The zero-order valence-corrected chi connectivity index (χ0v) is 8.81. The Bertz CT molecular complexity index is 115. The SMILES string of the molecule is COC(C)CNCC(C)(C)OC. The second kappa shape index (κ2) is 5.51. The van der Waals surface area contributed by atoms with E-state index in [-0.39, 0.29) is 11.7 Å². The molecule has 0 radical (unpaired) electrons. The molecular formula is C9H21NO2. The van der Waals surface area contributed by atoms with E-state index in [9.17, 15) is 0 Å². The minimum Gasteiger partial charge on any atom is -0.380 e. The Morgan fingerprint density at radius 2 is 1.92 bits per heavy atom. The molecule has 1 unspecified atom stereocenters. The van der Waals surface area contributed by atoms with Crippen LogP contribution in [0.2, 0.25) is 0 Å². The number of nitrogens with one attached hydrogen (secondary N) is 1. The largest absolute Gasteiger partial charge is 0.380 e. The van der Waals surface area contributed by atoms with Crippen LogP contribution in [0.5, 0.6) is 0 Å². The summed E-state index contributed by atoms with van der Waals surface area (Å²) in [6.45, 7) is 7.85. The first-order valence-corrected chi connectivity index (χ1v) is 4.30. The van der Waals surface area contributed by atoms with Gasteiger partial charge in [-0.3, -0.25) is 0 Å². The van der Waals surface area contributed by atoms with Crippen molar-refractivity contribution in [3.8, 4) is 0 Å². The van der Waals surface area contributed by atoms with Crippen LogP contribution in [0, 0.1) is 0 Å². The molecule has 0 aliphatic heterocycles. The van der Waals surface area contributed by atoms with Gasteiger partial charge in [0.1, 0.15) is 0 Å². The van der Waals surface area contributed by atoms with Gasteiger partial charge in [0, 0.05) is 27.3 Å². The van der Waals surface area contributed by atoms with E-state index >= 15 is 0 Å². The lowest BCUT2D eigenvalue weighted by atomic mass is 10.1. The monoisotopic (exact) mass is 175 g/mol. The minimum absolute atomic E-state index is 0.0898. The van der Waals surface area contributed by atoms with E-state index in [2.05, 4.69) is 19.2 Å². The first-order valence-electron chi connectivity index (χ1n) is 4.30. The highest BCUT2D eigenvalue weighted by Gasteiger charge is 2.15. The van der Waals surface area contributed by atoms with Gasteiger partial charge in [0.15, 0.2) is 0 Å². The Hall–Kier alpha value is -0.120. The fraction of sp³-hybridized carbons (Fsp3) is 1.00. The van der Waals surface area contributed by atoms with E-state index in [1.165, 1.54) is 0 Å². The van der Waals surface area contributed by atoms with Crippen molar-refractivity contribution in [2.45, 2.75) is 32.5 Å². The van der Waals surface area contributed by atoms with E-state index in [1.54, 1.807) is 14.2 Å². The molecule has 12 heavy (non-hydrogen) atoms. The second-order valence-electron chi connectivity index (χ2n) is 3.64. The number of ether oxygens (including phenoxy) is 2. The highest BCUT2D eigenvalue weighted by Crippen LogP contribution is 2.04. The van der Waals surface area contributed by atoms with Crippen molar-refractivity contribution in [2.24, 2.45) is 0 Å². The van der Waals surface area contributed by atoms with Gasteiger partial charge in [-0.15, -0.1) is 0 Å². The number of methoxy groups -OCH3 is 2. The Balaban J connectivity index is 3.42. The lowest BCUT2D eigenvalue weighted by Crippen LogP contribution is -2.39. The highest BCUT2D eigenvalue weighted by atomic mass is 16.5. The first-order chi connectivity index (χ1) is 5.52. The molecule has 0 aromatic heterocycles. The summed E-state index contributed by atoms with van der Waals surface area (Å²) in [5.74, 6) is 0. The predicted molar refractivity (Wildman–Crippen MR) is 50.4 cm³/mol. The lowest BCUT2D eigenvalue weighted by Gasteiger charge is -2.24. The third-order valence-corrected chi connectivity index (χ3v) is 1.94. The van der Waals surface area contributed by atoms with Crippen molar-refractivity contribution >= 4 is 0 Å². The lowest BCUT2D eigenvalue weighted by molar-refractivity contribution is 0.0197. The molecule has 0 saturated heterocycles. The molecule has 0 amide bonds. The average Bonchev–Trinajstić information content (AvgIpc) is 2.04.